The molecule has 4 aromatic rings. The number of H-pyrrole nitrogens is 1. The number of likely N-dealkylation sites (tertiary alicyclic amines) is 1. The predicted octanol–water partition coefficient (Wildman–Crippen LogP) is 6.29. The van der Waals surface area contributed by atoms with Crippen molar-refractivity contribution in [2.24, 2.45) is 0 Å². The van der Waals surface area contributed by atoms with Gasteiger partial charge in [-0.3, -0.25) is 5.32 Å². The number of methoxy groups -OCH3 is 2. The molecule has 2 aromatic carbocycles. The Morgan fingerprint density at radius 3 is 2.50 bits per heavy atom. The molecule has 48 heavy (non-hydrogen) atoms. The molecule has 1 fully saturated rings. The lowest BCUT2D eigenvalue weighted by Gasteiger charge is -2.21. The number of likely N-dealkylation sites (N-methyl/N-ethyl adjacent to an activating group) is 1. The number of pyridine rings is 1. The van der Waals surface area contributed by atoms with Crippen LogP contribution in [0.25, 0.3) is 0 Å². The zero-order chi connectivity index (χ0) is 34.2. The SMILES string of the molecule is COc1ccc(C(COC(=O)c2ccc(CNC(C(=O)O[C@@H]3CCN(C)C3)c3ccccc3F)s2)Cc2c(Cl)c[nH+]cc2Cl)cc1OC. The predicted molar refractivity (Wildman–Crippen MR) is 182 cm³/mol. The lowest BCUT2D eigenvalue weighted by atomic mass is 9.92. The molecule has 5 rings (SSSR count). The van der Waals surface area contributed by atoms with E-state index in [1.165, 1.54) is 17.4 Å². The van der Waals surface area contributed by atoms with E-state index in [1.807, 2.05) is 19.2 Å². The minimum atomic E-state index is -1.02. The zero-order valence-electron chi connectivity index (χ0n) is 26.8. The van der Waals surface area contributed by atoms with Crippen LogP contribution in [0.3, 0.4) is 0 Å². The van der Waals surface area contributed by atoms with E-state index in [4.69, 9.17) is 42.1 Å². The monoisotopic (exact) mass is 716 g/mol. The number of nitrogens with one attached hydrogen (secondary N) is 2. The second-order valence-corrected chi connectivity index (χ2v) is 13.4. The number of benzene rings is 2. The second kappa shape index (κ2) is 16.6. The van der Waals surface area contributed by atoms with Crippen LogP contribution in [0.1, 0.15) is 49.6 Å². The van der Waals surface area contributed by atoms with Crippen molar-refractivity contribution in [3.8, 4) is 11.5 Å². The quantitative estimate of drug-likeness (QED) is 0.152. The molecule has 2 N–H and O–H groups in total. The third kappa shape index (κ3) is 8.83. The Balaban J connectivity index is 1.28. The molecular weight excluding hydrogens is 680 g/mol. The molecule has 0 bridgehead atoms. The Morgan fingerprint density at radius 1 is 1.06 bits per heavy atom. The van der Waals surface area contributed by atoms with E-state index in [1.54, 1.807) is 63.0 Å². The summed E-state index contributed by atoms with van der Waals surface area (Å²) >= 11 is 14.2. The molecule has 1 aliphatic heterocycles. The number of halogens is 3. The highest BCUT2D eigenvalue weighted by Gasteiger charge is 2.30. The van der Waals surface area contributed by atoms with Crippen molar-refractivity contribution in [3.63, 3.8) is 0 Å². The molecule has 0 aliphatic carbocycles. The highest BCUT2D eigenvalue weighted by molar-refractivity contribution is 7.13. The molecule has 2 aromatic heterocycles. The van der Waals surface area contributed by atoms with Crippen molar-refractivity contribution >= 4 is 46.5 Å². The van der Waals surface area contributed by atoms with Crippen LogP contribution in [0.4, 0.5) is 4.39 Å². The number of hydrogen-bond donors (Lipinski definition) is 1. The summed E-state index contributed by atoms with van der Waals surface area (Å²) in [7, 11) is 5.07. The van der Waals surface area contributed by atoms with Gasteiger partial charge in [-0.15, -0.1) is 11.3 Å². The Bertz CT molecular complexity index is 1720. The topological polar surface area (TPSA) is 100 Å². The Labute approximate surface area is 292 Å². The Kier molecular flexibility index (Phi) is 12.3. The lowest BCUT2D eigenvalue weighted by molar-refractivity contribution is -0.377. The maximum absolute atomic E-state index is 14.8. The molecule has 254 valence electrons. The molecule has 0 saturated carbocycles. The van der Waals surface area contributed by atoms with Gasteiger partial charge in [0.15, 0.2) is 23.9 Å². The standard InChI is InChI=1S/C35H36Cl2FN3O6S/c1-41-13-12-23(19-41)47-35(43)33(25-6-4-5-7-29(25)38)40-16-24-9-11-32(48-24)34(42)46-20-22(14-26-27(36)17-39-18-28(26)37)21-8-10-30(44-2)31(15-21)45-3/h4-11,15,17-18,22-23,33,40H,12-14,16,19-20H2,1-3H3/p+1/t22?,23-,33?/m1/s1. The molecule has 2 unspecified atom stereocenters. The molecule has 3 heterocycles. The molecule has 13 heteroatoms. The Morgan fingerprint density at radius 2 is 1.81 bits per heavy atom. The summed E-state index contributed by atoms with van der Waals surface area (Å²) in [5.41, 5.74) is 1.75. The summed E-state index contributed by atoms with van der Waals surface area (Å²) in [6.07, 6.45) is 4.15. The average molecular weight is 718 g/mol. The van der Waals surface area contributed by atoms with Crippen molar-refractivity contribution in [2.75, 3.05) is 41.0 Å². The number of carbonyl (C=O) groups excluding carboxylic acids is 2. The number of esters is 2. The average Bonchev–Trinajstić information content (AvgIpc) is 3.73. The van der Waals surface area contributed by atoms with Crippen molar-refractivity contribution in [1.82, 2.24) is 10.2 Å². The number of rotatable bonds is 14. The van der Waals surface area contributed by atoms with E-state index >= 15 is 0 Å². The van der Waals surface area contributed by atoms with Crippen molar-refractivity contribution in [3.05, 3.63) is 109 Å². The summed E-state index contributed by atoms with van der Waals surface area (Å²) in [4.78, 5) is 32.6. The largest absolute Gasteiger partial charge is 0.493 e. The molecule has 9 nitrogen and oxygen atoms in total. The van der Waals surface area contributed by atoms with Crippen molar-refractivity contribution in [1.29, 1.82) is 0 Å². The van der Waals surface area contributed by atoms with E-state index in [0.717, 1.165) is 23.4 Å². The first-order chi connectivity index (χ1) is 23.2. The van der Waals surface area contributed by atoms with Crippen LogP contribution in [0.2, 0.25) is 10.0 Å². The van der Waals surface area contributed by atoms with Gasteiger partial charge >= 0.3 is 11.9 Å². The Hall–Kier alpha value is -3.74. The van der Waals surface area contributed by atoms with Gasteiger partial charge in [0.2, 0.25) is 0 Å². The maximum atomic E-state index is 14.8. The van der Waals surface area contributed by atoms with Gasteiger partial charge in [0.05, 0.1) is 20.8 Å². The molecule has 0 spiro atoms. The van der Waals surface area contributed by atoms with Crippen LogP contribution >= 0.6 is 34.5 Å². The van der Waals surface area contributed by atoms with Crippen LogP contribution in [0, 0.1) is 5.82 Å². The normalized spacial score (nSPS) is 15.9. The first kappa shape index (κ1) is 35.6. The van der Waals surface area contributed by atoms with Gasteiger partial charge < -0.3 is 23.8 Å². The van der Waals surface area contributed by atoms with Gasteiger partial charge in [-0.25, -0.2) is 19.0 Å². The number of carbonyl (C=O) groups is 2. The number of aromatic amines is 1. The molecule has 0 amide bonds. The highest BCUT2D eigenvalue weighted by Crippen LogP contribution is 2.35. The van der Waals surface area contributed by atoms with Gasteiger partial charge in [-0.05, 0) is 55.8 Å². The minimum Gasteiger partial charge on any atom is -0.493 e. The number of nitrogens with zero attached hydrogens (tertiary/aromatic N) is 1. The van der Waals surface area contributed by atoms with E-state index in [2.05, 4.69) is 15.2 Å². The van der Waals surface area contributed by atoms with Crippen LogP contribution in [0.15, 0.2) is 67.0 Å². The molecule has 0 radical (unpaired) electrons. The third-order valence-corrected chi connectivity index (χ3v) is 9.91. The fraction of sp³-hybridized carbons (Fsp3) is 0.343. The van der Waals surface area contributed by atoms with Gasteiger partial charge in [-0.1, -0.05) is 47.5 Å². The third-order valence-electron chi connectivity index (χ3n) is 8.17. The van der Waals surface area contributed by atoms with Crippen LogP contribution < -0.4 is 19.8 Å². The van der Waals surface area contributed by atoms with Crippen LogP contribution in [0.5, 0.6) is 11.5 Å². The van der Waals surface area contributed by atoms with Gasteiger partial charge in [-0.2, -0.15) is 0 Å². The van der Waals surface area contributed by atoms with Crippen molar-refractivity contribution < 1.29 is 37.9 Å². The smallest absolute Gasteiger partial charge is 0.348 e. The summed E-state index contributed by atoms with van der Waals surface area (Å²) in [6, 6.07) is 14.1. The molecule has 1 aliphatic rings. The van der Waals surface area contributed by atoms with Gasteiger partial charge in [0, 0.05) is 41.6 Å². The van der Waals surface area contributed by atoms with E-state index in [-0.39, 0.29) is 30.7 Å². The first-order valence-corrected chi connectivity index (χ1v) is 16.9. The fourth-order valence-electron chi connectivity index (χ4n) is 5.58. The van der Waals surface area contributed by atoms with Gasteiger partial charge in [0.1, 0.15) is 32.9 Å². The van der Waals surface area contributed by atoms with E-state index < -0.39 is 23.8 Å². The lowest BCUT2D eigenvalue weighted by Crippen LogP contribution is -2.33. The summed E-state index contributed by atoms with van der Waals surface area (Å²) in [5.74, 6) is -0.780. The molecule has 3 atom stereocenters. The van der Waals surface area contributed by atoms with Gasteiger partial charge in [0.25, 0.3) is 0 Å². The fourth-order valence-corrected chi connectivity index (χ4v) is 6.97. The van der Waals surface area contributed by atoms with E-state index in [0.29, 0.717) is 45.0 Å². The second-order valence-electron chi connectivity index (χ2n) is 11.5. The molecule has 1 saturated heterocycles. The first-order valence-electron chi connectivity index (χ1n) is 15.3. The number of ether oxygens (including phenoxy) is 4. The number of hydrogen-bond acceptors (Lipinski definition) is 9. The summed E-state index contributed by atoms with van der Waals surface area (Å²) in [5, 5.41) is 4.06. The highest BCUT2D eigenvalue weighted by atomic mass is 35.5. The van der Waals surface area contributed by atoms with E-state index in [9.17, 15) is 14.0 Å². The van der Waals surface area contributed by atoms with Crippen molar-refractivity contribution in [2.45, 2.75) is 37.5 Å². The number of thiophene rings is 1. The zero-order valence-corrected chi connectivity index (χ0v) is 29.1. The summed E-state index contributed by atoms with van der Waals surface area (Å²) < 4.78 is 37.3. The number of aromatic nitrogens is 1. The summed E-state index contributed by atoms with van der Waals surface area (Å²) in [6.45, 7) is 1.68. The molecular formula is C35H37Cl2FN3O6S+. The van der Waals surface area contributed by atoms with Crippen LogP contribution in [-0.4, -0.2) is 63.9 Å². The maximum Gasteiger partial charge on any atom is 0.348 e. The van der Waals surface area contributed by atoms with Crippen LogP contribution in [-0.2, 0) is 27.2 Å². The minimum absolute atomic E-state index is 0.0304.